The molecule has 0 saturated carbocycles. The number of morpholine rings is 1. The molecule has 4 heterocycles. The van der Waals surface area contributed by atoms with Gasteiger partial charge in [0, 0.05) is 50.0 Å². The van der Waals surface area contributed by atoms with E-state index in [2.05, 4.69) is 39.1 Å². The maximum atomic E-state index is 12.6. The molecule has 0 aliphatic carbocycles. The Hall–Kier alpha value is -3.26. The Morgan fingerprint density at radius 3 is 2.66 bits per heavy atom. The van der Waals surface area contributed by atoms with Crippen molar-refractivity contribution in [3.63, 3.8) is 0 Å². The number of pyridine rings is 2. The van der Waals surface area contributed by atoms with Gasteiger partial charge in [-0.1, -0.05) is 6.07 Å². The Bertz CT molecular complexity index is 948. The molecule has 1 aliphatic rings. The summed E-state index contributed by atoms with van der Waals surface area (Å²) in [5.74, 6) is 1.38. The van der Waals surface area contributed by atoms with Gasteiger partial charge in [-0.05, 0) is 38.1 Å². The van der Waals surface area contributed by atoms with Gasteiger partial charge < -0.3 is 15.0 Å². The van der Waals surface area contributed by atoms with Crippen molar-refractivity contribution >= 4 is 11.7 Å². The number of hydrogen-bond donors (Lipinski definition) is 1. The third kappa shape index (κ3) is 4.43. The summed E-state index contributed by atoms with van der Waals surface area (Å²) in [5, 5.41) is 7.15. The Labute approximate surface area is 169 Å². The summed E-state index contributed by atoms with van der Waals surface area (Å²) in [6, 6.07) is 9.29. The van der Waals surface area contributed by atoms with Gasteiger partial charge in [-0.3, -0.25) is 4.79 Å². The largest absolute Gasteiger partial charge is 0.372 e. The van der Waals surface area contributed by atoms with Gasteiger partial charge in [-0.25, -0.2) is 14.6 Å². The maximum Gasteiger partial charge on any atom is 0.253 e. The van der Waals surface area contributed by atoms with Crippen LogP contribution in [0, 0.1) is 0 Å². The molecule has 1 saturated heterocycles. The van der Waals surface area contributed by atoms with Crippen LogP contribution in [0.25, 0.3) is 5.82 Å². The average Bonchev–Trinajstić information content (AvgIpc) is 3.26. The van der Waals surface area contributed by atoms with E-state index < -0.39 is 0 Å². The zero-order chi connectivity index (χ0) is 20.2. The van der Waals surface area contributed by atoms with Crippen LogP contribution < -0.4 is 10.2 Å². The van der Waals surface area contributed by atoms with Gasteiger partial charge in [0.25, 0.3) is 5.91 Å². The number of hydrogen-bond acceptors (Lipinski definition) is 6. The van der Waals surface area contributed by atoms with Crippen molar-refractivity contribution in [3.8, 4) is 5.82 Å². The first-order valence-electron chi connectivity index (χ1n) is 9.68. The molecule has 0 spiro atoms. The molecule has 1 amide bonds. The SMILES string of the molecule is C[C@@H]1CN(c2ccc(C(=O)NCc3cccnc3-n3cccn3)cn2)C[C@@H](C)O1. The zero-order valence-electron chi connectivity index (χ0n) is 16.5. The second kappa shape index (κ2) is 8.40. The van der Waals surface area contributed by atoms with E-state index in [0.29, 0.717) is 17.9 Å². The monoisotopic (exact) mass is 392 g/mol. The molecule has 1 N–H and O–H groups in total. The van der Waals surface area contributed by atoms with Gasteiger partial charge in [-0.2, -0.15) is 5.10 Å². The van der Waals surface area contributed by atoms with Crippen LogP contribution in [0.5, 0.6) is 0 Å². The molecule has 150 valence electrons. The quantitative estimate of drug-likeness (QED) is 0.717. The van der Waals surface area contributed by atoms with Crippen molar-refractivity contribution in [1.82, 2.24) is 25.1 Å². The summed E-state index contributed by atoms with van der Waals surface area (Å²) >= 11 is 0. The van der Waals surface area contributed by atoms with E-state index in [1.54, 1.807) is 29.3 Å². The van der Waals surface area contributed by atoms with Crippen LogP contribution in [0.1, 0.15) is 29.8 Å². The Balaban J connectivity index is 1.41. The summed E-state index contributed by atoms with van der Waals surface area (Å²) in [6.07, 6.45) is 7.16. The molecule has 1 fully saturated rings. The number of carbonyl (C=O) groups excluding carboxylic acids is 1. The summed E-state index contributed by atoms with van der Waals surface area (Å²) in [7, 11) is 0. The summed E-state index contributed by atoms with van der Waals surface area (Å²) < 4.78 is 7.45. The van der Waals surface area contributed by atoms with E-state index in [1.807, 2.05) is 30.5 Å². The lowest BCUT2D eigenvalue weighted by atomic mass is 10.2. The molecule has 0 radical (unpaired) electrons. The van der Waals surface area contributed by atoms with Crippen molar-refractivity contribution < 1.29 is 9.53 Å². The molecular formula is C21H24N6O2. The second-order valence-electron chi connectivity index (χ2n) is 7.19. The molecule has 0 aromatic carbocycles. The van der Waals surface area contributed by atoms with E-state index in [0.717, 1.165) is 24.5 Å². The lowest BCUT2D eigenvalue weighted by Crippen LogP contribution is -2.45. The number of carbonyl (C=O) groups is 1. The minimum absolute atomic E-state index is 0.159. The van der Waals surface area contributed by atoms with Crippen molar-refractivity contribution in [3.05, 3.63) is 66.2 Å². The minimum atomic E-state index is -0.178. The predicted molar refractivity (Wildman–Crippen MR) is 109 cm³/mol. The fourth-order valence-electron chi connectivity index (χ4n) is 3.52. The first-order valence-corrected chi connectivity index (χ1v) is 9.68. The van der Waals surface area contributed by atoms with Crippen LogP contribution in [-0.2, 0) is 11.3 Å². The Kier molecular flexibility index (Phi) is 5.53. The number of nitrogens with zero attached hydrogens (tertiary/aromatic N) is 5. The number of nitrogens with one attached hydrogen (secondary N) is 1. The third-order valence-corrected chi connectivity index (χ3v) is 4.78. The molecule has 8 nitrogen and oxygen atoms in total. The van der Waals surface area contributed by atoms with Crippen LogP contribution >= 0.6 is 0 Å². The van der Waals surface area contributed by atoms with E-state index in [4.69, 9.17) is 4.74 Å². The van der Waals surface area contributed by atoms with Crippen molar-refractivity contribution in [1.29, 1.82) is 0 Å². The smallest absolute Gasteiger partial charge is 0.253 e. The molecule has 4 rings (SSSR count). The molecule has 0 bridgehead atoms. The van der Waals surface area contributed by atoms with Gasteiger partial charge in [0.05, 0.1) is 17.8 Å². The fourth-order valence-corrected chi connectivity index (χ4v) is 3.52. The van der Waals surface area contributed by atoms with Gasteiger partial charge in [0.2, 0.25) is 0 Å². The molecule has 3 aromatic rings. The molecule has 1 aliphatic heterocycles. The number of rotatable bonds is 5. The first kappa shape index (κ1) is 19.1. The third-order valence-electron chi connectivity index (χ3n) is 4.78. The van der Waals surface area contributed by atoms with Gasteiger partial charge in [0.15, 0.2) is 5.82 Å². The van der Waals surface area contributed by atoms with E-state index >= 15 is 0 Å². The highest BCUT2D eigenvalue weighted by Crippen LogP contribution is 2.18. The molecule has 8 heteroatoms. The number of aromatic nitrogens is 4. The van der Waals surface area contributed by atoms with E-state index in [9.17, 15) is 4.79 Å². The Morgan fingerprint density at radius 2 is 1.97 bits per heavy atom. The van der Waals surface area contributed by atoms with Crippen LogP contribution in [0.2, 0.25) is 0 Å². The Morgan fingerprint density at radius 1 is 1.14 bits per heavy atom. The van der Waals surface area contributed by atoms with Crippen molar-refractivity contribution in [2.75, 3.05) is 18.0 Å². The van der Waals surface area contributed by atoms with Gasteiger partial charge in [0.1, 0.15) is 5.82 Å². The molecule has 29 heavy (non-hydrogen) atoms. The highest BCUT2D eigenvalue weighted by molar-refractivity contribution is 5.94. The first-order chi connectivity index (χ1) is 14.1. The standard InChI is InChI=1S/C21H24N6O2/c1-15-13-26(14-16(2)29-15)19-7-6-18(12-23-19)21(28)24-11-17-5-3-8-22-20(17)27-10-4-9-25-27/h3-10,12,15-16H,11,13-14H2,1-2H3,(H,24,28)/t15-,16-/m1/s1. The number of amides is 1. The maximum absolute atomic E-state index is 12.6. The van der Waals surface area contributed by atoms with Crippen LogP contribution in [0.15, 0.2) is 55.1 Å². The van der Waals surface area contributed by atoms with Gasteiger partial charge >= 0.3 is 0 Å². The summed E-state index contributed by atoms with van der Waals surface area (Å²) in [6.45, 7) is 6.04. The number of anilines is 1. The molecule has 0 unspecified atom stereocenters. The fraction of sp³-hybridized carbons (Fsp3) is 0.333. The summed E-state index contributed by atoms with van der Waals surface area (Å²) in [4.78, 5) is 23.6. The summed E-state index contributed by atoms with van der Waals surface area (Å²) in [5.41, 5.74) is 1.40. The minimum Gasteiger partial charge on any atom is -0.372 e. The highest BCUT2D eigenvalue weighted by atomic mass is 16.5. The molecule has 2 atom stereocenters. The normalized spacial score (nSPS) is 19.2. The highest BCUT2D eigenvalue weighted by Gasteiger charge is 2.23. The second-order valence-corrected chi connectivity index (χ2v) is 7.19. The molecule has 3 aromatic heterocycles. The van der Waals surface area contributed by atoms with E-state index in [-0.39, 0.29) is 18.1 Å². The van der Waals surface area contributed by atoms with Gasteiger partial charge in [-0.15, -0.1) is 0 Å². The zero-order valence-corrected chi connectivity index (χ0v) is 16.5. The van der Waals surface area contributed by atoms with Crippen LogP contribution in [0.4, 0.5) is 5.82 Å². The lowest BCUT2D eigenvalue weighted by Gasteiger charge is -2.36. The van der Waals surface area contributed by atoms with Crippen molar-refractivity contribution in [2.45, 2.75) is 32.6 Å². The van der Waals surface area contributed by atoms with E-state index in [1.165, 1.54) is 0 Å². The van der Waals surface area contributed by atoms with Crippen LogP contribution in [-0.4, -0.2) is 51.0 Å². The average molecular weight is 392 g/mol. The topological polar surface area (TPSA) is 85.2 Å². The lowest BCUT2D eigenvalue weighted by molar-refractivity contribution is -0.00546. The molecular weight excluding hydrogens is 368 g/mol. The predicted octanol–water partition coefficient (Wildman–Crippen LogP) is 2.21. The van der Waals surface area contributed by atoms with Crippen molar-refractivity contribution in [2.24, 2.45) is 0 Å². The van der Waals surface area contributed by atoms with Crippen LogP contribution in [0.3, 0.4) is 0 Å². The number of ether oxygens (including phenoxy) is 1.